The topological polar surface area (TPSA) is 116 Å². The Morgan fingerprint density at radius 2 is 2.18 bits per heavy atom. The van der Waals surface area contributed by atoms with Crippen molar-refractivity contribution in [2.45, 2.75) is 12.5 Å². The van der Waals surface area contributed by atoms with E-state index in [2.05, 4.69) is 0 Å². The molecule has 0 bridgehead atoms. The highest BCUT2D eigenvalue weighted by Crippen LogP contribution is 2.07. The molecule has 1 fully saturated rings. The number of primary amides is 1. The van der Waals surface area contributed by atoms with Gasteiger partial charge in [-0.25, -0.2) is 14.5 Å². The number of nitrogens with zero attached hydrogens (tertiary/aromatic N) is 1. The first-order chi connectivity index (χ1) is 5.04. The molecule has 0 unspecified atom stereocenters. The second kappa shape index (κ2) is 2.36. The van der Waals surface area contributed by atoms with E-state index in [4.69, 9.17) is 15.9 Å². The van der Waals surface area contributed by atoms with Crippen molar-refractivity contribution in [3.63, 3.8) is 0 Å². The number of carbonyl (C=O) groups is 2. The summed E-state index contributed by atoms with van der Waals surface area (Å²) < 4.78 is 0. The Kier molecular flexibility index (Phi) is 1.67. The number of nitrogens with one attached hydrogen (secondary N) is 1. The first kappa shape index (κ1) is 7.76. The Bertz CT molecular complexity index is 206. The number of aliphatic hydroxyl groups is 2. The van der Waals surface area contributed by atoms with Gasteiger partial charge in [0.05, 0.1) is 0 Å². The number of rotatable bonds is 0. The van der Waals surface area contributed by atoms with Crippen LogP contribution in [0.4, 0.5) is 9.59 Å². The zero-order valence-corrected chi connectivity index (χ0v) is 5.39. The summed E-state index contributed by atoms with van der Waals surface area (Å²) in [4.78, 5) is 21.3. The molecule has 0 saturated carbocycles. The minimum Gasteiger partial charge on any atom is -0.369 e. The average Bonchev–Trinajstić information content (AvgIpc) is 2.07. The molecule has 0 radical (unpaired) electrons. The number of hydrogen-bond donors (Lipinski definition) is 4. The first-order valence-electron chi connectivity index (χ1n) is 2.79. The van der Waals surface area contributed by atoms with Crippen molar-refractivity contribution in [2.75, 3.05) is 0 Å². The van der Waals surface area contributed by atoms with Crippen molar-refractivity contribution in [2.24, 2.45) is 5.73 Å². The maximum atomic E-state index is 10.6. The number of hydrogen-bond acceptors (Lipinski definition) is 4. The number of aliphatic hydroxyl groups excluding tert-OH is 2. The third-order valence-corrected chi connectivity index (χ3v) is 1.27. The Labute approximate surface area is 61.4 Å². The Balaban J connectivity index is 2.79. The van der Waals surface area contributed by atoms with Crippen molar-refractivity contribution in [3.8, 4) is 0 Å². The minimum atomic E-state index is -1.60. The molecule has 0 spiro atoms. The van der Waals surface area contributed by atoms with Crippen molar-refractivity contribution >= 4 is 12.1 Å². The molecule has 4 amide bonds. The van der Waals surface area contributed by atoms with E-state index >= 15 is 0 Å². The van der Waals surface area contributed by atoms with Gasteiger partial charge in [0.2, 0.25) is 0 Å². The maximum absolute atomic E-state index is 10.6. The quantitative estimate of drug-likeness (QED) is 0.320. The monoisotopic (exact) mass is 161 g/mol. The fraction of sp³-hybridized carbons (Fsp3) is 0.500. The van der Waals surface area contributed by atoms with Crippen LogP contribution in [0.15, 0.2) is 0 Å². The van der Waals surface area contributed by atoms with Crippen LogP contribution in [0.1, 0.15) is 0 Å². The molecule has 0 aromatic rings. The summed E-state index contributed by atoms with van der Waals surface area (Å²) in [6.45, 7) is 0. The lowest BCUT2D eigenvalue weighted by Crippen LogP contribution is -2.44. The lowest BCUT2D eigenvalue weighted by atomic mass is 10.5. The molecule has 0 aromatic heterocycles. The van der Waals surface area contributed by atoms with Gasteiger partial charge in [0.15, 0.2) is 12.5 Å². The summed E-state index contributed by atoms with van der Waals surface area (Å²) in [5, 5.41) is 19.5. The first-order valence-corrected chi connectivity index (χ1v) is 2.79. The van der Waals surface area contributed by atoms with E-state index in [9.17, 15) is 9.59 Å². The molecule has 1 aliphatic heterocycles. The third kappa shape index (κ3) is 1.10. The van der Waals surface area contributed by atoms with Gasteiger partial charge in [-0.3, -0.25) is 0 Å². The molecule has 1 rings (SSSR count). The van der Waals surface area contributed by atoms with Gasteiger partial charge < -0.3 is 21.3 Å². The maximum Gasteiger partial charge on any atom is 0.330 e. The molecule has 7 heteroatoms. The van der Waals surface area contributed by atoms with Gasteiger partial charge in [-0.15, -0.1) is 0 Å². The van der Waals surface area contributed by atoms with Gasteiger partial charge in [0.25, 0.3) is 0 Å². The Hall–Kier alpha value is -1.34. The summed E-state index contributed by atoms with van der Waals surface area (Å²) >= 11 is 0. The lowest BCUT2D eigenvalue weighted by molar-refractivity contribution is -0.0185. The van der Waals surface area contributed by atoms with Crippen molar-refractivity contribution in [3.05, 3.63) is 0 Å². The minimum absolute atomic E-state index is 0.324. The smallest absolute Gasteiger partial charge is 0.330 e. The number of amides is 4. The van der Waals surface area contributed by atoms with Crippen LogP contribution in [0.25, 0.3) is 0 Å². The normalized spacial score (nSPS) is 30.4. The van der Waals surface area contributed by atoms with Gasteiger partial charge >= 0.3 is 12.1 Å². The van der Waals surface area contributed by atoms with E-state index in [1.807, 2.05) is 5.32 Å². The van der Waals surface area contributed by atoms with Crippen molar-refractivity contribution in [1.29, 1.82) is 0 Å². The highest BCUT2D eigenvalue weighted by molar-refractivity contribution is 5.94. The van der Waals surface area contributed by atoms with E-state index in [1.54, 1.807) is 0 Å². The summed E-state index contributed by atoms with van der Waals surface area (Å²) in [7, 11) is 0. The zero-order valence-electron chi connectivity index (χ0n) is 5.39. The molecule has 11 heavy (non-hydrogen) atoms. The van der Waals surface area contributed by atoms with Crippen molar-refractivity contribution < 1.29 is 19.8 Å². The van der Waals surface area contributed by atoms with Crippen LogP contribution in [-0.2, 0) is 0 Å². The second-order valence-electron chi connectivity index (χ2n) is 2.02. The van der Waals surface area contributed by atoms with Crippen LogP contribution in [-0.4, -0.2) is 39.6 Å². The largest absolute Gasteiger partial charge is 0.369 e. The molecule has 62 valence electrons. The third-order valence-electron chi connectivity index (χ3n) is 1.27. The number of carbonyl (C=O) groups excluding carboxylic acids is 2. The van der Waals surface area contributed by atoms with Crippen LogP contribution >= 0.6 is 0 Å². The molecule has 1 aliphatic rings. The number of imide groups is 1. The molecule has 0 aliphatic carbocycles. The van der Waals surface area contributed by atoms with Gasteiger partial charge in [-0.05, 0) is 0 Å². The average molecular weight is 161 g/mol. The molecular weight excluding hydrogens is 154 g/mol. The van der Waals surface area contributed by atoms with Crippen molar-refractivity contribution in [1.82, 2.24) is 10.2 Å². The predicted molar refractivity (Wildman–Crippen MR) is 32.0 cm³/mol. The Morgan fingerprint density at radius 1 is 1.64 bits per heavy atom. The SMILES string of the molecule is NC(=O)N1C(=O)N[C@@H](O)[C@@H]1O. The standard InChI is InChI=1S/C4H7N3O4/c5-3(10)7-2(9)1(8)6-4(7)11/h1-2,8-9H,(H2,5,10)(H,6,11)/t1-,2-/m0/s1. The van der Waals surface area contributed by atoms with E-state index in [0.717, 1.165) is 0 Å². The molecule has 7 nitrogen and oxygen atoms in total. The molecule has 0 aromatic carbocycles. The second-order valence-corrected chi connectivity index (χ2v) is 2.02. The fourth-order valence-corrected chi connectivity index (χ4v) is 0.762. The lowest BCUT2D eigenvalue weighted by Gasteiger charge is -2.13. The van der Waals surface area contributed by atoms with E-state index in [1.165, 1.54) is 0 Å². The number of urea groups is 2. The van der Waals surface area contributed by atoms with Gasteiger partial charge in [-0.2, -0.15) is 0 Å². The zero-order chi connectivity index (χ0) is 8.59. The predicted octanol–water partition coefficient (Wildman–Crippen LogP) is -2.27. The highest BCUT2D eigenvalue weighted by Gasteiger charge is 2.40. The van der Waals surface area contributed by atoms with Crippen LogP contribution in [0.2, 0.25) is 0 Å². The summed E-state index contributed by atoms with van der Waals surface area (Å²) in [6.07, 6.45) is -3.06. The fourth-order valence-electron chi connectivity index (χ4n) is 0.762. The van der Waals surface area contributed by atoms with Crippen LogP contribution in [0, 0.1) is 0 Å². The van der Waals surface area contributed by atoms with E-state index in [0.29, 0.717) is 4.90 Å². The molecule has 2 atom stereocenters. The molecule has 5 N–H and O–H groups in total. The van der Waals surface area contributed by atoms with E-state index in [-0.39, 0.29) is 0 Å². The Morgan fingerprint density at radius 3 is 2.36 bits per heavy atom. The number of nitrogens with two attached hydrogens (primary N) is 1. The highest BCUT2D eigenvalue weighted by atomic mass is 16.4. The summed E-state index contributed by atoms with van der Waals surface area (Å²) in [6, 6.07) is -2.01. The summed E-state index contributed by atoms with van der Waals surface area (Å²) in [5.41, 5.74) is 4.70. The molecular formula is C4H7N3O4. The van der Waals surface area contributed by atoms with Crippen LogP contribution in [0.5, 0.6) is 0 Å². The summed E-state index contributed by atoms with van der Waals surface area (Å²) in [5.74, 6) is 0. The van der Waals surface area contributed by atoms with Gasteiger partial charge in [0.1, 0.15) is 0 Å². The molecule has 1 saturated heterocycles. The van der Waals surface area contributed by atoms with Gasteiger partial charge in [0, 0.05) is 0 Å². The van der Waals surface area contributed by atoms with Gasteiger partial charge in [-0.1, -0.05) is 0 Å². The van der Waals surface area contributed by atoms with Crippen LogP contribution in [0.3, 0.4) is 0 Å². The molecule has 1 heterocycles. The van der Waals surface area contributed by atoms with E-state index < -0.39 is 24.5 Å². The van der Waals surface area contributed by atoms with Crippen LogP contribution < -0.4 is 11.1 Å².